The Balaban J connectivity index is 1.43. The van der Waals surface area contributed by atoms with E-state index < -0.39 is 0 Å². The summed E-state index contributed by atoms with van der Waals surface area (Å²) in [6.45, 7) is 5.43. The van der Waals surface area contributed by atoms with E-state index >= 15 is 0 Å². The number of hydrogen-bond donors (Lipinski definition) is 0. The Morgan fingerprint density at radius 1 is 1.16 bits per heavy atom. The number of benzene rings is 2. The summed E-state index contributed by atoms with van der Waals surface area (Å²) in [5.41, 5.74) is 6.40. The second-order valence-electron chi connectivity index (χ2n) is 8.38. The number of ether oxygens (including phenoxy) is 3. The van der Waals surface area contributed by atoms with Crippen LogP contribution in [0, 0.1) is 6.92 Å². The lowest BCUT2D eigenvalue weighted by Crippen LogP contribution is -2.40. The van der Waals surface area contributed by atoms with E-state index in [4.69, 9.17) is 14.2 Å². The summed E-state index contributed by atoms with van der Waals surface area (Å²) < 4.78 is 18.6. The lowest BCUT2D eigenvalue weighted by atomic mass is 9.92. The summed E-state index contributed by atoms with van der Waals surface area (Å²) in [7, 11) is 3.27. The molecule has 32 heavy (non-hydrogen) atoms. The van der Waals surface area contributed by atoms with Gasteiger partial charge >= 0.3 is 0 Å². The topological polar surface area (TPSA) is 65.8 Å². The van der Waals surface area contributed by atoms with Gasteiger partial charge in [-0.05, 0) is 55.7 Å². The van der Waals surface area contributed by atoms with E-state index in [9.17, 15) is 4.79 Å². The third-order valence-electron chi connectivity index (χ3n) is 6.48. The van der Waals surface area contributed by atoms with Gasteiger partial charge in [0.25, 0.3) is 0 Å². The van der Waals surface area contributed by atoms with Crippen LogP contribution in [0.25, 0.3) is 11.3 Å². The molecule has 0 bridgehead atoms. The lowest BCUT2D eigenvalue weighted by molar-refractivity contribution is -0.134. The fourth-order valence-electron chi connectivity index (χ4n) is 4.78. The Kier molecular flexibility index (Phi) is 5.04. The molecule has 0 saturated carbocycles. The number of nitrogens with zero attached hydrogens (tertiary/aromatic N) is 3. The third-order valence-corrected chi connectivity index (χ3v) is 6.48. The fraction of sp³-hybridized carbons (Fsp3) is 0.360. The van der Waals surface area contributed by atoms with E-state index in [0.717, 1.165) is 45.9 Å². The molecule has 0 aliphatic carbocycles. The quantitative estimate of drug-likeness (QED) is 0.624. The molecule has 3 heterocycles. The van der Waals surface area contributed by atoms with Gasteiger partial charge in [-0.3, -0.25) is 9.48 Å². The van der Waals surface area contributed by atoms with Crippen molar-refractivity contribution in [3.63, 3.8) is 0 Å². The molecule has 7 heteroatoms. The van der Waals surface area contributed by atoms with Gasteiger partial charge in [0.15, 0.2) is 11.5 Å². The molecule has 2 aliphatic heterocycles. The Bertz CT molecular complexity index is 1200. The smallest absolute Gasteiger partial charge is 0.244 e. The maximum Gasteiger partial charge on any atom is 0.244 e. The van der Waals surface area contributed by atoms with Crippen molar-refractivity contribution < 1.29 is 19.0 Å². The van der Waals surface area contributed by atoms with Gasteiger partial charge in [0.05, 0.1) is 32.2 Å². The van der Waals surface area contributed by atoms with E-state index in [1.807, 2.05) is 33.8 Å². The van der Waals surface area contributed by atoms with Crippen LogP contribution in [0.4, 0.5) is 0 Å². The highest BCUT2D eigenvalue weighted by Crippen LogP contribution is 2.40. The SMILES string of the molecule is COc1cc2c(cc1OC)[C@@H](C)N(C(=O)Cn1ncc3c1-c1cc(C)ccc1OC3)CC2. The zero-order valence-corrected chi connectivity index (χ0v) is 18.8. The Morgan fingerprint density at radius 3 is 2.72 bits per heavy atom. The predicted molar refractivity (Wildman–Crippen MR) is 120 cm³/mol. The minimum atomic E-state index is -0.0599. The number of rotatable bonds is 4. The summed E-state index contributed by atoms with van der Waals surface area (Å²) in [5, 5.41) is 4.53. The first-order valence-electron chi connectivity index (χ1n) is 10.8. The molecule has 7 nitrogen and oxygen atoms in total. The number of hydrogen-bond acceptors (Lipinski definition) is 5. The van der Waals surface area contributed by atoms with Crippen LogP contribution < -0.4 is 14.2 Å². The van der Waals surface area contributed by atoms with Crippen molar-refractivity contribution in [2.24, 2.45) is 0 Å². The maximum atomic E-state index is 13.4. The first-order chi connectivity index (χ1) is 15.5. The zero-order valence-electron chi connectivity index (χ0n) is 18.8. The lowest BCUT2D eigenvalue weighted by Gasteiger charge is -2.36. The average molecular weight is 434 g/mol. The fourth-order valence-corrected chi connectivity index (χ4v) is 4.78. The van der Waals surface area contributed by atoms with Gasteiger partial charge in [0, 0.05) is 17.7 Å². The number of aryl methyl sites for hydroxylation is 1. The van der Waals surface area contributed by atoms with Crippen molar-refractivity contribution in [3.8, 4) is 28.5 Å². The van der Waals surface area contributed by atoms with Crippen molar-refractivity contribution in [2.75, 3.05) is 20.8 Å². The number of carbonyl (C=O) groups is 1. The number of methoxy groups -OCH3 is 2. The van der Waals surface area contributed by atoms with Crippen LogP contribution in [-0.2, 0) is 24.4 Å². The van der Waals surface area contributed by atoms with Crippen LogP contribution in [-0.4, -0.2) is 41.4 Å². The van der Waals surface area contributed by atoms with Crippen molar-refractivity contribution in [3.05, 3.63) is 58.8 Å². The minimum absolute atomic E-state index is 0.0459. The molecule has 0 unspecified atom stereocenters. The molecule has 0 saturated heterocycles. The molecule has 1 atom stereocenters. The van der Waals surface area contributed by atoms with Crippen molar-refractivity contribution >= 4 is 5.91 Å². The summed E-state index contributed by atoms with van der Waals surface area (Å²) in [4.78, 5) is 15.3. The molecule has 0 spiro atoms. The van der Waals surface area contributed by atoms with Crippen LogP contribution in [0.3, 0.4) is 0 Å². The van der Waals surface area contributed by atoms with Gasteiger partial charge < -0.3 is 19.1 Å². The predicted octanol–water partition coefficient (Wildman–Crippen LogP) is 3.91. The minimum Gasteiger partial charge on any atom is -0.493 e. The van der Waals surface area contributed by atoms with Gasteiger partial charge in [-0.1, -0.05) is 11.6 Å². The molecule has 1 aromatic heterocycles. The molecule has 2 aliphatic rings. The maximum absolute atomic E-state index is 13.4. The molecule has 3 aromatic rings. The second kappa shape index (κ2) is 7.89. The number of amides is 1. The normalized spacial score (nSPS) is 16.5. The van der Waals surface area contributed by atoms with E-state index in [-0.39, 0.29) is 18.5 Å². The second-order valence-corrected chi connectivity index (χ2v) is 8.38. The highest BCUT2D eigenvalue weighted by Gasteiger charge is 2.31. The van der Waals surface area contributed by atoms with Gasteiger partial charge in [-0.25, -0.2) is 0 Å². The third kappa shape index (κ3) is 3.28. The van der Waals surface area contributed by atoms with Gasteiger partial charge in [-0.2, -0.15) is 5.10 Å². The van der Waals surface area contributed by atoms with E-state index in [1.54, 1.807) is 20.4 Å². The van der Waals surface area contributed by atoms with Crippen molar-refractivity contribution in [1.29, 1.82) is 0 Å². The Labute approximate surface area is 187 Å². The Hall–Kier alpha value is -3.48. The summed E-state index contributed by atoms with van der Waals surface area (Å²) in [6.07, 6.45) is 2.58. The summed E-state index contributed by atoms with van der Waals surface area (Å²) in [5.74, 6) is 2.28. The molecular weight excluding hydrogens is 406 g/mol. The molecule has 0 N–H and O–H groups in total. The van der Waals surface area contributed by atoms with Gasteiger partial charge in [0.2, 0.25) is 5.91 Å². The average Bonchev–Trinajstić information content (AvgIpc) is 3.21. The summed E-state index contributed by atoms with van der Waals surface area (Å²) in [6, 6.07) is 10.1. The Morgan fingerprint density at radius 2 is 1.94 bits per heavy atom. The van der Waals surface area contributed by atoms with Crippen LogP contribution in [0.2, 0.25) is 0 Å². The van der Waals surface area contributed by atoms with Crippen molar-refractivity contribution in [2.45, 2.75) is 39.5 Å². The highest BCUT2D eigenvalue weighted by molar-refractivity contribution is 5.79. The molecular formula is C25H27N3O4. The van der Waals surface area contributed by atoms with Gasteiger partial charge in [0.1, 0.15) is 18.9 Å². The standard InChI is InChI=1S/C25H27N3O4/c1-15-5-6-21-20(9-15)25-18(14-32-21)12-26-28(25)13-24(29)27-8-7-17-10-22(30-3)23(31-4)11-19(17)16(27)2/h5-6,9-12,16H,7-8,13-14H2,1-4H3/t16-/m1/s1. The van der Waals surface area contributed by atoms with Crippen LogP contribution >= 0.6 is 0 Å². The molecule has 166 valence electrons. The molecule has 0 radical (unpaired) electrons. The first-order valence-corrected chi connectivity index (χ1v) is 10.8. The molecule has 2 aromatic carbocycles. The zero-order chi connectivity index (χ0) is 22.4. The first kappa shape index (κ1) is 20.4. The number of fused-ring (bicyclic) bond motifs is 4. The molecule has 5 rings (SSSR count). The number of aromatic nitrogens is 2. The largest absolute Gasteiger partial charge is 0.493 e. The van der Waals surface area contributed by atoms with E-state index in [2.05, 4.69) is 25.0 Å². The van der Waals surface area contributed by atoms with Crippen LogP contribution in [0.15, 0.2) is 36.5 Å². The van der Waals surface area contributed by atoms with Crippen LogP contribution in [0.5, 0.6) is 17.2 Å². The van der Waals surface area contributed by atoms with Gasteiger partial charge in [-0.15, -0.1) is 0 Å². The van der Waals surface area contributed by atoms with E-state index in [1.165, 1.54) is 5.56 Å². The monoisotopic (exact) mass is 433 g/mol. The highest BCUT2D eigenvalue weighted by atomic mass is 16.5. The number of carbonyl (C=O) groups excluding carboxylic acids is 1. The molecule has 1 amide bonds. The van der Waals surface area contributed by atoms with Crippen molar-refractivity contribution in [1.82, 2.24) is 14.7 Å². The molecule has 0 fully saturated rings. The van der Waals surface area contributed by atoms with E-state index in [0.29, 0.717) is 18.9 Å². The van der Waals surface area contributed by atoms with Crippen LogP contribution in [0.1, 0.15) is 35.2 Å². The summed E-state index contributed by atoms with van der Waals surface area (Å²) >= 11 is 0.